The number of hydrogen-bond donors (Lipinski definition) is 0. The van der Waals surface area contributed by atoms with Crippen LogP contribution in [0.25, 0.3) is 5.69 Å². The summed E-state index contributed by atoms with van der Waals surface area (Å²) in [5.41, 5.74) is 3.10. The Hall–Kier alpha value is -2.48. The van der Waals surface area contributed by atoms with E-state index in [0.29, 0.717) is 13.2 Å². The average Bonchev–Trinajstić information content (AvgIpc) is 3.44. The molecular weight excluding hydrogens is 373 g/mol. The molecule has 0 N–H and O–H groups in total. The topological polar surface area (TPSA) is 63.5 Å². The van der Waals surface area contributed by atoms with Gasteiger partial charge in [-0.3, -0.25) is 9.78 Å². The van der Waals surface area contributed by atoms with Crippen LogP contribution in [0.5, 0.6) is 0 Å². The van der Waals surface area contributed by atoms with Crippen LogP contribution in [-0.4, -0.2) is 71.1 Å². The van der Waals surface area contributed by atoms with Crippen LogP contribution < -0.4 is 4.90 Å². The highest BCUT2D eigenvalue weighted by Crippen LogP contribution is 2.29. The zero-order valence-corrected chi connectivity index (χ0v) is 16.8. The molecule has 0 aliphatic carbocycles. The lowest BCUT2D eigenvalue weighted by Gasteiger charge is -2.37. The van der Waals surface area contributed by atoms with Crippen molar-refractivity contribution in [2.24, 2.45) is 5.92 Å². The molecular formula is C21H28FN5O2. The van der Waals surface area contributed by atoms with E-state index in [1.54, 1.807) is 11.1 Å². The fourth-order valence-corrected chi connectivity index (χ4v) is 4.29. The molecule has 4 heterocycles. The summed E-state index contributed by atoms with van der Waals surface area (Å²) in [5, 5.41) is 4.43. The van der Waals surface area contributed by atoms with Gasteiger partial charge in [0.05, 0.1) is 36.4 Å². The highest BCUT2D eigenvalue weighted by Gasteiger charge is 2.34. The normalized spacial score (nSPS) is 20.2. The third-order valence-corrected chi connectivity index (χ3v) is 5.88. The Kier molecular flexibility index (Phi) is 6.08. The molecule has 0 radical (unpaired) electrons. The van der Waals surface area contributed by atoms with Crippen LogP contribution in [0.15, 0.2) is 30.9 Å². The first-order valence-corrected chi connectivity index (χ1v) is 10.3. The molecule has 2 fully saturated rings. The van der Waals surface area contributed by atoms with Crippen molar-refractivity contribution in [2.75, 3.05) is 44.4 Å². The first-order valence-electron chi connectivity index (χ1n) is 10.3. The van der Waals surface area contributed by atoms with Gasteiger partial charge >= 0.3 is 0 Å². The van der Waals surface area contributed by atoms with Crippen molar-refractivity contribution in [3.63, 3.8) is 0 Å². The highest BCUT2D eigenvalue weighted by molar-refractivity contribution is 5.79. The highest BCUT2D eigenvalue weighted by atomic mass is 19.1. The van der Waals surface area contributed by atoms with Gasteiger partial charge in [-0.15, -0.1) is 0 Å². The minimum atomic E-state index is -0.510. The van der Waals surface area contributed by atoms with Crippen LogP contribution in [-0.2, 0) is 9.53 Å². The predicted molar refractivity (Wildman–Crippen MR) is 108 cm³/mol. The Morgan fingerprint density at radius 3 is 2.76 bits per heavy atom. The molecule has 0 bridgehead atoms. The van der Waals surface area contributed by atoms with Crippen molar-refractivity contribution in [1.82, 2.24) is 19.7 Å². The Morgan fingerprint density at radius 2 is 2.10 bits per heavy atom. The molecule has 0 saturated carbocycles. The number of ether oxygens (including phenoxy) is 1. The summed E-state index contributed by atoms with van der Waals surface area (Å²) >= 11 is 0. The zero-order chi connectivity index (χ0) is 20.2. The van der Waals surface area contributed by atoms with E-state index in [2.05, 4.69) is 15.0 Å². The first kappa shape index (κ1) is 19.8. The molecule has 2 aliphatic rings. The zero-order valence-electron chi connectivity index (χ0n) is 16.8. The molecule has 2 aromatic rings. The maximum Gasteiger partial charge on any atom is 0.226 e. The third kappa shape index (κ3) is 4.27. The number of aryl methyl sites for hydroxylation is 1. The number of amides is 1. The number of carbonyl (C=O) groups excluding carboxylic acids is 1. The number of pyridine rings is 1. The monoisotopic (exact) mass is 401 g/mol. The fraction of sp³-hybridized carbons (Fsp3) is 0.571. The van der Waals surface area contributed by atoms with Crippen molar-refractivity contribution >= 4 is 11.6 Å². The maximum absolute atomic E-state index is 13.1. The van der Waals surface area contributed by atoms with Crippen molar-refractivity contribution in [1.29, 1.82) is 0 Å². The number of halogens is 1. The number of alkyl halides is 1. The SMILES string of the molecule is Cc1cnn(-c2ccncc2N2CCC(C(=O)N(CCF)[C@@H]3CCOC3)CC2)c1. The van der Waals surface area contributed by atoms with E-state index in [0.717, 1.165) is 49.3 Å². The van der Waals surface area contributed by atoms with Crippen molar-refractivity contribution < 1.29 is 13.9 Å². The lowest BCUT2D eigenvalue weighted by atomic mass is 9.94. The van der Waals surface area contributed by atoms with Gasteiger partial charge in [0, 0.05) is 44.6 Å². The summed E-state index contributed by atoms with van der Waals surface area (Å²) in [6.07, 6.45) is 9.76. The lowest BCUT2D eigenvalue weighted by molar-refractivity contribution is -0.138. The summed E-state index contributed by atoms with van der Waals surface area (Å²) in [4.78, 5) is 21.3. The number of rotatable bonds is 6. The average molecular weight is 401 g/mol. The van der Waals surface area contributed by atoms with Crippen LogP contribution in [0.1, 0.15) is 24.8 Å². The van der Waals surface area contributed by atoms with Gasteiger partial charge in [-0.2, -0.15) is 5.10 Å². The maximum atomic E-state index is 13.1. The summed E-state index contributed by atoms with van der Waals surface area (Å²) in [7, 11) is 0. The lowest BCUT2D eigenvalue weighted by Crippen LogP contribution is -2.48. The molecule has 0 aromatic carbocycles. The second kappa shape index (κ2) is 8.90. The standard InChI is InChI=1S/C21H28FN5O2/c1-16-12-24-27(14-16)19-2-7-23-13-20(19)25-8-3-17(4-9-25)21(28)26(10-6-22)18-5-11-29-15-18/h2,7,12-14,17-18H,3-6,8-11,15H2,1H3/t18-/m1/s1. The molecule has 2 saturated heterocycles. The molecule has 2 aromatic heterocycles. The molecule has 4 rings (SSSR count). The van der Waals surface area contributed by atoms with Crippen LogP contribution >= 0.6 is 0 Å². The van der Waals surface area contributed by atoms with Crippen molar-refractivity contribution in [3.05, 3.63) is 36.4 Å². The number of carbonyl (C=O) groups is 1. The van der Waals surface area contributed by atoms with Gasteiger partial charge in [0.1, 0.15) is 6.67 Å². The number of anilines is 1. The summed E-state index contributed by atoms with van der Waals surface area (Å²) in [6.45, 7) is 4.37. The molecule has 0 spiro atoms. The smallest absolute Gasteiger partial charge is 0.226 e. The van der Waals surface area contributed by atoms with E-state index >= 15 is 0 Å². The molecule has 29 heavy (non-hydrogen) atoms. The van der Waals surface area contributed by atoms with Gasteiger partial charge in [0.15, 0.2) is 0 Å². The number of hydrogen-bond acceptors (Lipinski definition) is 5. The Balaban J connectivity index is 1.44. The summed E-state index contributed by atoms with van der Waals surface area (Å²) in [5.74, 6) is 0.0115. The van der Waals surface area contributed by atoms with E-state index < -0.39 is 6.67 Å². The first-order chi connectivity index (χ1) is 14.2. The van der Waals surface area contributed by atoms with Gasteiger partial charge in [0.2, 0.25) is 5.91 Å². The van der Waals surface area contributed by atoms with E-state index in [4.69, 9.17) is 4.74 Å². The van der Waals surface area contributed by atoms with Crippen LogP contribution in [0.3, 0.4) is 0 Å². The molecule has 8 heteroatoms. The number of aromatic nitrogens is 3. The minimum absolute atomic E-state index is 0.0178. The number of piperidine rings is 1. The van der Waals surface area contributed by atoms with Crippen LogP contribution in [0, 0.1) is 12.8 Å². The largest absolute Gasteiger partial charge is 0.379 e. The summed E-state index contributed by atoms with van der Waals surface area (Å²) in [6, 6.07) is 1.98. The van der Waals surface area contributed by atoms with Crippen molar-refractivity contribution in [3.8, 4) is 5.69 Å². The van der Waals surface area contributed by atoms with E-state index in [1.807, 2.05) is 36.3 Å². The van der Waals surface area contributed by atoms with E-state index in [1.165, 1.54) is 0 Å². The third-order valence-electron chi connectivity index (χ3n) is 5.88. The fourth-order valence-electron chi connectivity index (χ4n) is 4.29. The summed E-state index contributed by atoms with van der Waals surface area (Å²) < 4.78 is 20.3. The second-order valence-corrected chi connectivity index (χ2v) is 7.83. The molecule has 1 amide bonds. The Labute approximate surface area is 170 Å². The minimum Gasteiger partial charge on any atom is -0.379 e. The molecule has 7 nitrogen and oxygen atoms in total. The molecule has 1 atom stereocenters. The number of nitrogens with zero attached hydrogens (tertiary/aromatic N) is 5. The van der Waals surface area contributed by atoms with Crippen molar-refractivity contribution in [2.45, 2.75) is 32.2 Å². The van der Waals surface area contributed by atoms with Gasteiger partial charge in [0.25, 0.3) is 0 Å². The van der Waals surface area contributed by atoms with E-state index in [9.17, 15) is 9.18 Å². The van der Waals surface area contributed by atoms with Gasteiger partial charge < -0.3 is 14.5 Å². The second-order valence-electron chi connectivity index (χ2n) is 7.83. The Bertz CT molecular complexity index is 828. The van der Waals surface area contributed by atoms with Crippen LogP contribution in [0.4, 0.5) is 10.1 Å². The van der Waals surface area contributed by atoms with Gasteiger partial charge in [-0.25, -0.2) is 9.07 Å². The van der Waals surface area contributed by atoms with E-state index in [-0.39, 0.29) is 24.4 Å². The van der Waals surface area contributed by atoms with Gasteiger partial charge in [-0.05, 0) is 37.8 Å². The predicted octanol–water partition coefficient (Wildman–Crippen LogP) is 2.38. The molecule has 2 aliphatic heterocycles. The van der Waals surface area contributed by atoms with Gasteiger partial charge in [-0.1, -0.05) is 0 Å². The molecule has 0 unspecified atom stereocenters. The van der Waals surface area contributed by atoms with Crippen LogP contribution in [0.2, 0.25) is 0 Å². The Morgan fingerprint density at radius 1 is 1.28 bits per heavy atom. The quantitative estimate of drug-likeness (QED) is 0.744. The molecule has 156 valence electrons.